The molecule has 0 saturated heterocycles. The van der Waals surface area contributed by atoms with Crippen LogP contribution >= 0.6 is 0 Å². The highest BCUT2D eigenvalue weighted by molar-refractivity contribution is 5.83. The van der Waals surface area contributed by atoms with E-state index in [4.69, 9.17) is 4.74 Å². The van der Waals surface area contributed by atoms with Crippen LogP contribution in [0.2, 0.25) is 0 Å². The SMILES string of the molecule is CC(C)NCCCCOc1ccc2ccccc2c1. The van der Waals surface area contributed by atoms with Crippen molar-refractivity contribution in [3.8, 4) is 5.75 Å². The van der Waals surface area contributed by atoms with Crippen LogP contribution in [-0.2, 0) is 0 Å². The van der Waals surface area contributed by atoms with Crippen molar-refractivity contribution in [2.45, 2.75) is 32.7 Å². The van der Waals surface area contributed by atoms with Gasteiger partial charge >= 0.3 is 0 Å². The fraction of sp³-hybridized carbons (Fsp3) is 0.412. The van der Waals surface area contributed by atoms with Gasteiger partial charge in [-0.05, 0) is 42.3 Å². The van der Waals surface area contributed by atoms with E-state index in [0.717, 1.165) is 31.7 Å². The number of rotatable bonds is 7. The number of nitrogens with one attached hydrogen (secondary N) is 1. The number of hydrogen-bond acceptors (Lipinski definition) is 2. The van der Waals surface area contributed by atoms with Crippen molar-refractivity contribution >= 4 is 10.8 Å². The average Bonchev–Trinajstić information content (AvgIpc) is 2.42. The largest absolute Gasteiger partial charge is 0.494 e. The van der Waals surface area contributed by atoms with Crippen LogP contribution in [-0.4, -0.2) is 19.2 Å². The van der Waals surface area contributed by atoms with Gasteiger partial charge in [0.25, 0.3) is 0 Å². The quantitative estimate of drug-likeness (QED) is 0.757. The minimum absolute atomic E-state index is 0.571. The van der Waals surface area contributed by atoms with Crippen LogP contribution in [0.5, 0.6) is 5.75 Å². The lowest BCUT2D eigenvalue weighted by atomic mass is 10.1. The van der Waals surface area contributed by atoms with Crippen LogP contribution < -0.4 is 10.1 Å². The molecular weight excluding hydrogens is 234 g/mol. The van der Waals surface area contributed by atoms with E-state index in [1.165, 1.54) is 10.8 Å². The third-order valence-corrected chi connectivity index (χ3v) is 3.11. The van der Waals surface area contributed by atoms with Gasteiger partial charge in [0.15, 0.2) is 0 Å². The molecule has 0 saturated carbocycles. The fourth-order valence-electron chi connectivity index (χ4n) is 2.07. The Morgan fingerprint density at radius 2 is 1.79 bits per heavy atom. The average molecular weight is 257 g/mol. The Labute approximate surface area is 115 Å². The highest BCUT2D eigenvalue weighted by Crippen LogP contribution is 2.20. The van der Waals surface area contributed by atoms with Crippen LogP contribution in [0.25, 0.3) is 10.8 Å². The Morgan fingerprint density at radius 3 is 2.58 bits per heavy atom. The zero-order valence-electron chi connectivity index (χ0n) is 11.9. The maximum atomic E-state index is 5.79. The Kier molecular flexibility index (Phi) is 5.22. The molecule has 2 heteroatoms. The lowest BCUT2D eigenvalue weighted by Crippen LogP contribution is -2.23. The van der Waals surface area contributed by atoms with Gasteiger partial charge in [-0.2, -0.15) is 0 Å². The van der Waals surface area contributed by atoms with Gasteiger partial charge in [-0.3, -0.25) is 0 Å². The molecular formula is C17H23NO. The third kappa shape index (κ3) is 4.56. The van der Waals surface area contributed by atoms with Crippen molar-refractivity contribution < 1.29 is 4.74 Å². The van der Waals surface area contributed by atoms with Crippen LogP contribution in [0.3, 0.4) is 0 Å². The number of fused-ring (bicyclic) bond motifs is 1. The monoisotopic (exact) mass is 257 g/mol. The number of hydrogen-bond donors (Lipinski definition) is 1. The predicted octanol–water partition coefficient (Wildman–Crippen LogP) is 4.00. The summed E-state index contributed by atoms with van der Waals surface area (Å²) < 4.78 is 5.79. The summed E-state index contributed by atoms with van der Waals surface area (Å²) in [5, 5.41) is 5.91. The molecule has 0 aliphatic heterocycles. The summed E-state index contributed by atoms with van der Waals surface area (Å²) >= 11 is 0. The van der Waals surface area contributed by atoms with Gasteiger partial charge in [-0.25, -0.2) is 0 Å². The second-order valence-electron chi connectivity index (χ2n) is 5.17. The van der Waals surface area contributed by atoms with Crippen LogP contribution in [0, 0.1) is 0 Å². The topological polar surface area (TPSA) is 21.3 Å². The molecule has 0 amide bonds. The van der Waals surface area contributed by atoms with Gasteiger partial charge in [0.05, 0.1) is 6.61 Å². The van der Waals surface area contributed by atoms with E-state index in [0.29, 0.717) is 6.04 Å². The maximum Gasteiger partial charge on any atom is 0.119 e. The van der Waals surface area contributed by atoms with E-state index < -0.39 is 0 Å². The lowest BCUT2D eigenvalue weighted by molar-refractivity contribution is 0.305. The van der Waals surface area contributed by atoms with Crippen LogP contribution in [0.1, 0.15) is 26.7 Å². The number of benzene rings is 2. The highest BCUT2D eigenvalue weighted by Gasteiger charge is 1.97. The Hall–Kier alpha value is -1.54. The lowest BCUT2D eigenvalue weighted by Gasteiger charge is -2.09. The van der Waals surface area contributed by atoms with Gasteiger partial charge in [-0.15, -0.1) is 0 Å². The summed E-state index contributed by atoms with van der Waals surface area (Å²) in [6, 6.07) is 15.2. The first-order valence-corrected chi connectivity index (χ1v) is 7.11. The van der Waals surface area contributed by atoms with E-state index in [-0.39, 0.29) is 0 Å². The summed E-state index contributed by atoms with van der Waals surface area (Å²) in [6.07, 6.45) is 2.25. The number of ether oxygens (including phenoxy) is 1. The number of unbranched alkanes of at least 4 members (excludes halogenated alkanes) is 1. The minimum Gasteiger partial charge on any atom is -0.494 e. The molecule has 2 nitrogen and oxygen atoms in total. The normalized spacial score (nSPS) is 11.1. The summed E-state index contributed by atoms with van der Waals surface area (Å²) in [6.45, 7) is 6.20. The zero-order chi connectivity index (χ0) is 13.5. The van der Waals surface area contributed by atoms with Crippen LogP contribution in [0.15, 0.2) is 42.5 Å². The first-order chi connectivity index (χ1) is 9.25. The smallest absolute Gasteiger partial charge is 0.119 e. The van der Waals surface area contributed by atoms with Gasteiger partial charge in [0.2, 0.25) is 0 Å². The first kappa shape index (κ1) is 13.9. The maximum absolute atomic E-state index is 5.79. The Morgan fingerprint density at radius 1 is 1.00 bits per heavy atom. The van der Waals surface area contributed by atoms with E-state index >= 15 is 0 Å². The Balaban J connectivity index is 1.75. The molecule has 0 aromatic heterocycles. The fourth-order valence-corrected chi connectivity index (χ4v) is 2.07. The molecule has 0 aliphatic carbocycles. The molecule has 2 rings (SSSR count). The van der Waals surface area contributed by atoms with Gasteiger partial charge < -0.3 is 10.1 Å². The van der Waals surface area contributed by atoms with Crippen LogP contribution in [0.4, 0.5) is 0 Å². The van der Waals surface area contributed by atoms with E-state index in [2.05, 4.69) is 61.6 Å². The summed E-state index contributed by atoms with van der Waals surface area (Å²) in [7, 11) is 0. The molecule has 102 valence electrons. The Bertz CT molecular complexity index is 507. The third-order valence-electron chi connectivity index (χ3n) is 3.11. The molecule has 0 bridgehead atoms. The molecule has 19 heavy (non-hydrogen) atoms. The second-order valence-corrected chi connectivity index (χ2v) is 5.17. The highest BCUT2D eigenvalue weighted by atomic mass is 16.5. The first-order valence-electron chi connectivity index (χ1n) is 7.11. The molecule has 0 atom stereocenters. The van der Waals surface area contributed by atoms with Crippen molar-refractivity contribution in [1.29, 1.82) is 0 Å². The molecule has 1 N–H and O–H groups in total. The second kappa shape index (κ2) is 7.15. The van der Waals surface area contributed by atoms with Crippen molar-refractivity contribution in [2.75, 3.05) is 13.2 Å². The predicted molar refractivity (Wildman–Crippen MR) is 81.8 cm³/mol. The molecule has 0 fully saturated rings. The molecule has 0 radical (unpaired) electrons. The van der Waals surface area contributed by atoms with Gasteiger partial charge in [0.1, 0.15) is 5.75 Å². The standard InChI is InChI=1S/C17H23NO/c1-14(2)18-11-5-6-12-19-17-10-9-15-7-3-4-8-16(15)13-17/h3-4,7-10,13-14,18H,5-6,11-12H2,1-2H3. The molecule has 2 aromatic carbocycles. The van der Waals surface area contributed by atoms with E-state index in [1.807, 2.05) is 0 Å². The van der Waals surface area contributed by atoms with Crippen molar-refractivity contribution in [3.05, 3.63) is 42.5 Å². The summed E-state index contributed by atoms with van der Waals surface area (Å²) in [4.78, 5) is 0. The van der Waals surface area contributed by atoms with Crippen molar-refractivity contribution in [3.63, 3.8) is 0 Å². The van der Waals surface area contributed by atoms with Gasteiger partial charge in [-0.1, -0.05) is 44.2 Å². The molecule has 0 spiro atoms. The van der Waals surface area contributed by atoms with Crippen molar-refractivity contribution in [1.82, 2.24) is 5.32 Å². The molecule has 0 unspecified atom stereocenters. The van der Waals surface area contributed by atoms with Crippen molar-refractivity contribution in [2.24, 2.45) is 0 Å². The van der Waals surface area contributed by atoms with E-state index in [9.17, 15) is 0 Å². The summed E-state index contributed by atoms with van der Waals surface area (Å²) in [5.74, 6) is 0.968. The summed E-state index contributed by atoms with van der Waals surface area (Å²) in [5.41, 5.74) is 0. The minimum atomic E-state index is 0.571. The van der Waals surface area contributed by atoms with Gasteiger partial charge in [0, 0.05) is 6.04 Å². The zero-order valence-corrected chi connectivity index (χ0v) is 11.9. The molecule has 0 heterocycles. The molecule has 0 aliphatic rings. The van der Waals surface area contributed by atoms with E-state index in [1.54, 1.807) is 0 Å². The molecule has 2 aromatic rings.